The number of anilines is 2. The van der Waals surface area contributed by atoms with Crippen LogP contribution < -0.4 is 11.1 Å². The van der Waals surface area contributed by atoms with Crippen LogP contribution in [0.5, 0.6) is 0 Å². The highest BCUT2D eigenvalue weighted by Crippen LogP contribution is 2.42. The van der Waals surface area contributed by atoms with Crippen LogP contribution in [0.4, 0.5) is 11.5 Å². The molecule has 8 heteroatoms. The molecule has 0 radical (unpaired) electrons. The summed E-state index contributed by atoms with van der Waals surface area (Å²) in [5.74, 6) is 0.377. The first-order valence-corrected chi connectivity index (χ1v) is 6.57. The molecule has 3 rings (SSSR count). The number of nitrogen functional groups attached to an aromatic ring is 1. The van der Waals surface area contributed by atoms with Gasteiger partial charge in [0.25, 0.3) is 5.91 Å². The lowest BCUT2D eigenvalue weighted by Gasteiger charge is -2.02. The van der Waals surface area contributed by atoms with E-state index < -0.39 is 5.91 Å². The van der Waals surface area contributed by atoms with Crippen molar-refractivity contribution in [2.24, 2.45) is 0 Å². The second-order valence-corrected chi connectivity index (χ2v) is 5.16. The molecule has 0 unspecified atom stereocenters. The topological polar surface area (TPSA) is 110 Å². The quantitative estimate of drug-likeness (QED) is 0.796. The number of carbonyl (C=O) groups is 1. The van der Waals surface area contributed by atoms with E-state index in [1.807, 2.05) is 0 Å². The van der Waals surface area contributed by atoms with Gasteiger partial charge in [0.05, 0.1) is 23.8 Å². The van der Waals surface area contributed by atoms with Crippen LogP contribution in [-0.2, 0) is 0 Å². The largest absolute Gasteiger partial charge is 0.395 e. The fraction of sp³-hybridized carbons (Fsp3) is 0.273. The predicted octanol–water partition coefficient (Wildman–Crippen LogP) is 1.67. The summed E-state index contributed by atoms with van der Waals surface area (Å²) >= 11 is 3.17. The second kappa shape index (κ2) is 4.61. The molecule has 0 bridgehead atoms. The third-order valence-electron chi connectivity index (χ3n) is 2.90. The summed E-state index contributed by atoms with van der Waals surface area (Å²) in [5, 5.41) is 9.41. The van der Waals surface area contributed by atoms with Crippen molar-refractivity contribution >= 4 is 33.3 Å². The summed E-state index contributed by atoms with van der Waals surface area (Å²) < 4.78 is 0.598. The van der Waals surface area contributed by atoms with Crippen molar-refractivity contribution in [1.82, 2.24) is 20.2 Å². The van der Waals surface area contributed by atoms with Gasteiger partial charge >= 0.3 is 0 Å². The van der Waals surface area contributed by atoms with Crippen LogP contribution in [0.25, 0.3) is 0 Å². The Kier molecular flexibility index (Phi) is 2.94. The maximum Gasteiger partial charge on any atom is 0.279 e. The molecule has 2 aromatic rings. The van der Waals surface area contributed by atoms with Crippen molar-refractivity contribution in [1.29, 1.82) is 0 Å². The molecule has 2 aromatic heterocycles. The Hall–Kier alpha value is -1.96. The predicted molar refractivity (Wildman–Crippen MR) is 72.7 cm³/mol. The van der Waals surface area contributed by atoms with Gasteiger partial charge < -0.3 is 11.1 Å². The fourth-order valence-corrected chi connectivity index (χ4v) is 1.98. The molecule has 7 nitrogen and oxygen atoms in total. The summed E-state index contributed by atoms with van der Waals surface area (Å²) in [6, 6.07) is 0. The van der Waals surface area contributed by atoms with E-state index in [9.17, 15) is 4.79 Å². The third kappa shape index (κ3) is 2.43. The van der Waals surface area contributed by atoms with E-state index in [-0.39, 0.29) is 5.69 Å². The highest BCUT2D eigenvalue weighted by atomic mass is 79.9. The van der Waals surface area contributed by atoms with E-state index in [2.05, 4.69) is 41.4 Å². The Labute approximate surface area is 117 Å². The van der Waals surface area contributed by atoms with E-state index in [0.717, 1.165) is 18.5 Å². The average Bonchev–Trinajstić information content (AvgIpc) is 3.15. The standard InChI is InChI=1S/C11H11BrN6O/c12-6-3-15-7(4-14-6)16-11(19)10-8(13)9(17-18-10)5-1-2-5/h3-5H,1-2,13H2,(H,17,18)(H,15,16,19). The van der Waals surface area contributed by atoms with Gasteiger partial charge in [-0.25, -0.2) is 9.97 Å². The van der Waals surface area contributed by atoms with Gasteiger partial charge in [-0.05, 0) is 28.8 Å². The molecule has 0 spiro atoms. The van der Waals surface area contributed by atoms with Crippen LogP contribution in [0.3, 0.4) is 0 Å². The molecule has 1 saturated carbocycles. The Morgan fingerprint density at radius 3 is 2.84 bits per heavy atom. The van der Waals surface area contributed by atoms with Gasteiger partial charge in [0, 0.05) is 5.92 Å². The molecule has 1 fully saturated rings. The normalized spacial score (nSPS) is 14.4. The summed E-state index contributed by atoms with van der Waals surface area (Å²) in [4.78, 5) is 20.0. The van der Waals surface area contributed by atoms with E-state index in [1.54, 1.807) is 0 Å². The molecule has 1 aliphatic carbocycles. The number of hydrogen-bond donors (Lipinski definition) is 3. The first-order valence-electron chi connectivity index (χ1n) is 5.78. The average molecular weight is 323 g/mol. The smallest absolute Gasteiger partial charge is 0.279 e. The van der Waals surface area contributed by atoms with Crippen LogP contribution in [0.1, 0.15) is 34.9 Å². The number of H-pyrrole nitrogens is 1. The van der Waals surface area contributed by atoms with Crippen molar-refractivity contribution in [2.45, 2.75) is 18.8 Å². The van der Waals surface area contributed by atoms with Crippen molar-refractivity contribution < 1.29 is 4.79 Å². The number of nitrogens with two attached hydrogens (primary N) is 1. The lowest BCUT2D eigenvalue weighted by Crippen LogP contribution is -2.15. The maximum absolute atomic E-state index is 12.0. The third-order valence-corrected chi connectivity index (χ3v) is 3.31. The van der Waals surface area contributed by atoms with Crippen molar-refractivity contribution in [3.63, 3.8) is 0 Å². The van der Waals surface area contributed by atoms with Crippen LogP contribution in [0.2, 0.25) is 0 Å². The van der Waals surface area contributed by atoms with E-state index >= 15 is 0 Å². The summed E-state index contributed by atoms with van der Waals surface area (Å²) in [6.45, 7) is 0. The summed E-state index contributed by atoms with van der Waals surface area (Å²) in [6.07, 6.45) is 5.13. The molecule has 2 heterocycles. The van der Waals surface area contributed by atoms with E-state index in [0.29, 0.717) is 22.0 Å². The molecule has 4 N–H and O–H groups in total. The van der Waals surface area contributed by atoms with Crippen LogP contribution in [-0.4, -0.2) is 26.1 Å². The zero-order chi connectivity index (χ0) is 13.4. The van der Waals surface area contributed by atoms with Crippen molar-refractivity contribution in [3.05, 3.63) is 28.4 Å². The number of halogens is 1. The highest BCUT2D eigenvalue weighted by molar-refractivity contribution is 9.10. The van der Waals surface area contributed by atoms with Crippen LogP contribution in [0.15, 0.2) is 17.0 Å². The minimum atomic E-state index is -0.391. The van der Waals surface area contributed by atoms with Gasteiger partial charge in [-0.15, -0.1) is 0 Å². The zero-order valence-corrected chi connectivity index (χ0v) is 11.4. The first-order chi connectivity index (χ1) is 9.15. The minimum absolute atomic E-state index is 0.201. The SMILES string of the molecule is Nc1c(C(=O)Nc2cnc(Br)cn2)n[nH]c1C1CC1. The Bertz CT molecular complexity index is 619. The van der Waals surface area contributed by atoms with Crippen molar-refractivity contribution in [3.8, 4) is 0 Å². The first kappa shape index (κ1) is 12.1. The number of aromatic nitrogens is 4. The van der Waals surface area contributed by atoms with E-state index in [1.165, 1.54) is 12.4 Å². The summed E-state index contributed by atoms with van der Waals surface area (Å²) in [7, 11) is 0. The van der Waals surface area contributed by atoms with Gasteiger partial charge in [-0.3, -0.25) is 9.89 Å². The minimum Gasteiger partial charge on any atom is -0.395 e. The van der Waals surface area contributed by atoms with Gasteiger partial charge in [0.1, 0.15) is 4.60 Å². The molecule has 1 amide bonds. The maximum atomic E-state index is 12.0. The van der Waals surface area contributed by atoms with E-state index in [4.69, 9.17) is 5.73 Å². The second-order valence-electron chi connectivity index (χ2n) is 4.35. The molecule has 98 valence electrons. The molecule has 0 saturated heterocycles. The molecular weight excluding hydrogens is 312 g/mol. The lowest BCUT2D eigenvalue weighted by atomic mass is 10.2. The van der Waals surface area contributed by atoms with Crippen LogP contribution >= 0.6 is 15.9 Å². The fourth-order valence-electron chi connectivity index (χ4n) is 1.77. The number of hydrogen-bond acceptors (Lipinski definition) is 5. The molecule has 0 aliphatic heterocycles. The molecule has 1 aliphatic rings. The van der Waals surface area contributed by atoms with Crippen molar-refractivity contribution in [2.75, 3.05) is 11.1 Å². The number of nitrogens with zero attached hydrogens (tertiary/aromatic N) is 3. The van der Waals surface area contributed by atoms with Gasteiger partial charge in [-0.1, -0.05) is 0 Å². The number of rotatable bonds is 3. The van der Waals surface area contributed by atoms with Gasteiger partial charge in [0.15, 0.2) is 11.5 Å². The number of amides is 1. The van der Waals surface area contributed by atoms with Crippen LogP contribution in [0, 0.1) is 0 Å². The molecule has 0 atom stereocenters. The zero-order valence-electron chi connectivity index (χ0n) is 9.85. The lowest BCUT2D eigenvalue weighted by molar-refractivity contribution is 0.102. The highest BCUT2D eigenvalue weighted by Gasteiger charge is 2.30. The molecular formula is C11H11BrN6O. The monoisotopic (exact) mass is 322 g/mol. The number of nitrogens with one attached hydrogen (secondary N) is 2. The Morgan fingerprint density at radius 1 is 1.42 bits per heavy atom. The molecule has 19 heavy (non-hydrogen) atoms. The Morgan fingerprint density at radius 2 is 2.21 bits per heavy atom. The van der Waals surface area contributed by atoms with Gasteiger partial charge in [0.2, 0.25) is 0 Å². The Balaban J connectivity index is 1.78. The summed E-state index contributed by atoms with van der Waals surface area (Å²) in [5.41, 5.74) is 7.40. The number of carbonyl (C=O) groups excluding carboxylic acids is 1. The molecule has 0 aromatic carbocycles. The van der Waals surface area contributed by atoms with Gasteiger partial charge in [-0.2, -0.15) is 5.10 Å². The number of aromatic amines is 1.